The van der Waals surface area contributed by atoms with Crippen LogP contribution in [0, 0.1) is 35.3 Å². The second kappa shape index (κ2) is 9.57. The predicted octanol–water partition coefficient (Wildman–Crippen LogP) is 4.24. The zero-order valence-electron chi connectivity index (χ0n) is 17.7. The van der Waals surface area contributed by atoms with E-state index in [0.717, 1.165) is 16.3 Å². The number of nitro benzene ring substituents is 1. The molecule has 162 valence electrons. The normalized spacial score (nSPS) is 11.0. The molecule has 32 heavy (non-hydrogen) atoms. The highest BCUT2D eigenvalue weighted by Gasteiger charge is 2.22. The maximum atomic E-state index is 12.8. The molecule has 2 aromatic carbocycles. The summed E-state index contributed by atoms with van der Waals surface area (Å²) in [7, 11) is 1.40. The van der Waals surface area contributed by atoms with Gasteiger partial charge >= 0.3 is 0 Å². The Labute approximate surface area is 184 Å². The van der Waals surface area contributed by atoms with Crippen LogP contribution >= 0.6 is 0 Å². The monoisotopic (exact) mass is 432 g/mol. The van der Waals surface area contributed by atoms with Gasteiger partial charge in [-0.3, -0.25) is 14.9 Å². The first-order valence-electron chi connectivity index (χ1n) is 9.57. The molecular formula is C23H20N4O5. The predicted molar refractivity (Wildman–Crippen MR) is 116 cm³/mol. The third kappa shape index (κ3) is 4.82. The molecule has 3 aromatic rings. The number of aryl methyl sites for hydroxylation is 2. The van der Waals surface area contributed by atoms with Crippen molar-refractivity contribution >= 4 is 17.7 Å². The minimum Gasteiger partial charge on any atom is -0.493 e. The lowest BCUT2D eigenvalue weighted by atomic mass is 10.1. The second-order valence-corrected chi connectivity index (χ2v) is 6.91. The molecule has 0 aliphatic carbocycles. The van der Waals surface area contributed by atoms with Gasteiger partial charge in [0.1, 0.15) is 18.2 Å². The first-order chi connectivity index (χ1) is 15.3. The molecule has 9 nitrogen and oxygen atoms in total. The third-order valence-corrected chi connectivity index (χ3v) is 4.60. The number of rotatable bonds is 7. The molecule has 3 rings (SSSR count). The van der Waals surface area contributed by atoms with Gasteiger partial charge in [0.05, 0.1) is 29.4 Å². The van der Waals surface area contributed by atoms with Crippen LogP contribution in [0.5, 0.6) is 11.5 Å². The number of carbonyl (C=O) groups excluding carboxylic acids is 1. The molecule has 0 radical (unpaired) electrons. The number of nitriles is 1. The van der Waals surface area contributed by atoms with Gasteiger partial charge in [-0.1, -0.05) is 30.3 Å². The second-order valence-electron chi connectivity index (χ2n) is 6.91. The van der Waals surface area contributed by atoms with Gasteiger partial charge in [-0.2, -0.15) is 10.4 Å². The largest absolute Gasteiger partial charge is 0.493 e. The van der Waals surface area contributed by atoms with Gasteiger partial charge in [-0.25, -0.2) is 4.68 Å². The number of nitrogens with zero attached hydrogens (tertiary/aromatic N) is 4. The number of benzene rings is 2. The summed E-state index contributed by atoms with van der Waals surface area (Å²) in [4.78, 5) is 23.9. The van der Waals surface area contributed by atoms with Crippen LogP contribution in [0.3, 0.4) is 0 Å². The smallest absolute Gasteiger partial charge is 0.289 e. The topological polar surface area (TPSA) is 120 Å². The van der Waals surface area contributed by atoms with E-state index in [2.05, 4.69) is 5.10 Å². The number of allylic oxidation sites excluding steroid dienone is 1. The van der Waals surface area contributed by atoms with Crippen molar-refractivity contribution in [2.45, 2.75) is 20.5 Å². The summed E-state index contributed by atoms with van der Waals surface area (Å²) in [5.41, 5.74) is 1.43. The molecule has 0 fully saturated rings. The average Bonchev–Trinajstić information content (AvgIpc) is 3.13. The fraction of sp³-hybridized carbons (Fsp3) is 0.174. The molecule has 0 saturated heterocycles. The van der Waals surface area contributed by atoms with Crippen LogP contribution in [-0.2, 0) is 6.61 Å². The lowest BCUT2D eigenvalue weighted by Crippen LogP contribution is -2.15. The van der Waals surface area contributed by atoms with Crippen LogP contribution in [0.15, 0.2) is 54.1 Å². The standard InChI is InChI=1S/C23H20N4O5/c1-15-9-16(2)26(25-15)23(28)19(13-24)10-18-11-21(31-3)22(12-20(18)27(29)30)32-14-17-7-5-4-6-8-17/h4-12H,14H2,1-3H3/b19-10+. The van der Waals surface area contributed by atoms with Crippen molar-refractivity contribution in [3.63, 3.8) is 0 Å². The molecule has 0 amide bonds. The molecule has 0 atom stereocenters. The molecule has 0 saturated carbocycles. The lowest BCUT2D eigenvalue weighted by Gasteiger charge is -2.12. The summed E-state index contributed by atoms with van der Waals surface area (Å²) < 4.78 is 12.1. The van der Waals surface area contributed by atoms with Gasteiger partial charge in [-0.15, -0.1) is 0 Å². The molecule has 0 aliphatic heterocycles. The highest BCUT2D eigenvalue weighted by molar-refractivity contribution is 6.03. The molecule has 1 aromatic heterocycles. The van der Waals surface area contributed by atoms with Gasteiger partial charge in [0.25, 0.3) is 11.6 Å². The molecule has 0 N–H and O–H groups in total. The number of methoxy groups -OCH3 is 1. The Morgan fingerprint density at radius 1 is 1.22 bits per heavy atom. The molecule has 0 bridgehead atoms. The Bertz CT molecular complexity index is 1240. The number of hydrogen-bond acceptors (Lipinski definition) is 7. The summed E-state index contributed by atoms with van der Waals surface area (Å²) in [6.45, 7) is 3.58. The zero-order valence-corrected chi connectivity index (χ0v) is 17.7. The maximum Gasteiger partial charge on any atom is 0.289 e. The summed E-state index contributed by atoms with van der Waals surface area (Å²) >= 11 is 0. The van der Waals surface area contributed by atoms with Crippen molar-refractivity contribution in [2.24, 2.45) is 0 Å². The van der Waals surface area contributed by atoms with E-state index >= 15 is 0 Å². The molecule has 9 heteroatoms. The lowest BCUT2D eigenvalue weighted by molar-refractivity contribution is -0.385. The maximum absolute atomic E-state index is 12.8. The van der Waals surface area contributed by atoms with Crippen molar-refractivity contribution in [1.29, 1.82) is 5.26 Å². The average molecular weight is 432 g/mol. The summed E-state index contributed by atoms with van der Waals surface area (Å²) in [5, 5.41) is 25.3. The first kappa shape index (κ1) is 22.2. The van der Waals surface area contributed by atoms with E-state index in [4.69, 9.17) is 9.47 Å². The fourth-order valence-corrected chi connectivity index (χ4v) is 3.09. The van der Waals surface area contributed by atoms with Gasteiger partial charge in [0.2, 0.25) is 0 Å². The fourth-order valence-electron chi connectivity index (χ4n) is 3.09. The van der Waals surface area contributed by atoms with Crippen LogP contribution in [0.25, 0.3) is 6.08 Å². The highest BCUT2D eigenvalue weighted by Crippen LogP contribution is 2.36. The van der Waals surface area contributed by atoms with Crippen LogP contribution < -0.4 is 9.47 Å². The Balaban J connectivity index is 2.01. The zero-order chi connectivity index (χ0) is 23.3. The van der Waals surface area contributed by atoms with Crippen LogP contribution in [0.2, 0.25) is 0 Å². The van der Waals surface area contributed by atoms with Crippen molar-refractivity contribution in [3.05, 3.63) is 86.7 Å². The third-order valence-electron chi connectivity index (χ3n) is 4.60. The molecule has 0 aliphatic rings. The number of carbonyl (C=O) groups is 1. The number of hydrogen-bond donors (Lipinski definition) is 0. The van der Waals surface area contributed by atoms with E-state index < -0.39 is 10.8 Å². The molecule has 0 spiro atoms. The van der Waals surface area contributed by atoms with Gasteiger partial charge in [-0.05, 0) is 37.6 Å². The van der Waals surface area contributed by atoms with Gasteiger partial charge < -0.3 is 9.47 Å². The minimum absolute atomic E-state index is 0.0327. The highest BCUT2D eigenvalue weighted by atomic mass is 16.6. The summed E-state index contributed by atoms with van der Waals surface area (Å²) in [6, 6.07) is 15.4. The summed E-state index contributed by atoms with van der Waals surface area (Å²) in [6.07, 6.45) is 1.15. The van der Waals surface area contributed by atoms with Crippen molar-refractivity contribution in [3.8, 4) is 17.6 Å². The molecular weight excluding hydrogens is 412 g/mol. The van der Waals surface area contributed by atoms with Gasteiger partial charge in [0.15, 0.2) is 11.5 Å². The Hall–Kier alpha value is -4.45. The van der Waals surface area contributed by atoms with Crippen LogP contribution in [0.4, 0.5) is 5.69 Å². The van der Waals surface area contributed by atoms with Crippen LogP contribution in [-0.4, -0.2) is 27.7 Å². The van der Waals surface area contributed by atoms with Gasteiger partial charge in [0, 0.05) is 5.69 Å². The van der Waals surface area contributed by atoms with Crippen LogP contribution in [0.1, 0.15) is 27.3 Å². The van der Waals surface area contributed by atoms with Crippen molar-refractivity contribution in [1.82, 2.24) is 9.78 Å². The Morgan fingerprint density at radius 2 is 1.94 bits per heavy atom. The molecule has 1 heterocycles. The minimum atomic E-state index is -0.684. The quantitative estimate of drug-likeness (QED) is 0.237. The van der Waals surface area contributed by atoms with E-state index in [1.165, 1.54) is 19.2 Å². The van der Waals surface area contributed by atoms with E-state index in [9.17, 15) is 20.2 Å². The summed E-state index contributed by atoms with van der Waals surface area (Å²) in [5.74, 6) is -0.284. The van der Waals surface area contributed by atoms with E-state index in [0.29, 0.717) is 11.4 Å². The number of aromatic nitrogens is 2. The van der Waals surface area contributed by atoms with Crippen molar-refractivity contribution in [2.75, 3.05) is 7.11 Å². The Morgan fingerprint density at radius 3 is 2.50 bits per heavy atom. The van der Waals surface area contributed by atoms with Crippen molar-refractivity contribution < 1.29 is 19.2 Å². The number of ether oxygens (including phenoxy) is 2. The molecule has 0 unspecified atom stereocenters. The first-order valence-corrected chi connectivity index (χ1v) is 9.57. The number of nitro groups is 1. The van der Waals surface area contributed by atoms with E-state index in [-0.39, 0.29) is 34.9 Å². The Kier molecular flexibility index (Phi) is 6.65. The van der Waals surface area contributed by atoms with E-state index in [1.54, 1.807) is 26.0 Å². The van der Waals surface area contributed by atoms with E-state index in [1.807, 2.05) is 30.3 Å². The SMILES string of the molecule is COc1cc(/C=C(\C#N)C(=O)n2nc(C)cc2C)c([N+](=O)[O-])cc1OCc1ccccc1.